The van der Waals surface area contributed by atoms with Crippen LogP contribution in [-0.4, -0.2) is 23.2 Å². The monoisotopic (exact) mass is 337 g/mol. The average Bonchev–Trinajstić information content (AvgIpc) is 2.90. The largest absolute Gasteiger partial charge is 0.493 e. The molecule has 4 nitrogen and oxygen atoms in total. The molecule has 0 unspecified atom stereocenters. The number of aromatic nitrogens is 2. The first-order chi connectivity index (χ1) is 9.70. The molecule has 0 fully saturated rings. The van der Waals surface area contributed by atoms with E-state index < -0.39 is 0 Å². The maximum atomic E-state index is 5.98. The van der Waals surface area contributed by atoms with Gasteiger partial charge in [0.2, 0.25) is 0 Å². The van der Waals surface area contributed by atoms with E-state index >= 15 is 0 Å². The molecule has 1 heterocycles. The second-order valence-electron chi connectivity index (χ2n) is 4.74. The van der Waals surface area contributed by atoms with Gasteiger partial charge in [-0.1, -0.05) is 15.9 Å². The Bertz CT molecular complexity index is 540. The molecule has 0 aliphatic heterocycles. The molecule has 2 aromatic rings. The Morgan fingerprint density at radius 2 is 2.25 bits per heavy atom. The van der Waals surface area contributed by atoms with Crippen LogP contribution < -0.4 is 10.1 Å². The van der Waals surface area contributed by atoms with E-state index in [-0.39, 0.29) is 0 Å². The summed E-state index contributed by atoms with van der Waals surface area (Å²) in [5.74, 6) is 0.994. The number of ether oxygens (including phenoxy) is 1. The third-order valence-electron chi connectivity index (χ3n) is 3.05. The summed E-state index contributed by atoms with van der Waals surface area (Å²) < 4.78 is 9.13. The van der Waals surface area contributed by atoms with Gasteiger partial charge in [-0.2, -0.15) is 0 Å². The molecule has 1 aromatic heterocycles. The molecule has 1 N–H and O–H groups in total. The van der Waals surface area contributed by atoms with E-state index in [1.54, 1.807) is 6.20 Å². The van der Waals surface area contributed by atoms with Gasteiger partial charge in [0.1, 0.15) is 5.75 Å². The fourth-order valence-corrected chi connectivity index (χ4v) is 2.79. The van der Waals surface area contributed by atoms with Crippen molar-refractivity contribution in [2.24, 2.45) is 0 Å². The third kappa shape index (κ3) is 4.08. The summed E-state index contributed by atoms with van der Waals surface area (Å²) in [6.45, 7) is 4.51. The summed E-state index contributed by atoms with van der Waals surface area (Å²) in [5.41, 5.74) is 2.34. The number of rotatable bonds is 7. The smallest absolute Gasteiger partial charge is 0.126 e. The van der Waals surface area contributed by atoms with E-state index in [0.717, 1.165) is 35.3 Å². The lowest BCUT2D eigenvalue weighted by Gasteiger charge is -2.15. The van der Waals surface area contributed by atoms with E-state index in [9.17, 15) is 0 Å². The Labute approximate surface area is 128 Å². The van der Waals surface area contributed by atoms with Gasteiger partial charge in [-0.3, -0.25) is 0 Å². The van der Waals surface area contributed by atoms with E-state index in [0.29, 0.717) is 6.61 Å². The standard InChI is InChI=1S/C15H20BrN3O/c1-12-8-14(16)9-13(10-17-2)15(12)20-7-3-5-19-6-4-18-11-19/h4,6,8-9,11,17H,3,5,7,10H2,1-2H3. The molecule has 20 heavy (non-hydrogen) atoms. The third-order valence-corrected chi connectivity index (χ3v) is 3.51. The molecule has 0 bridgehead atoms. The van der Waals surface area contributed by atoms with Gasteiger partial charge in [0.25, 0.3) is 0 Å². The fourth-order valence-electron chi connectivity index (χ4n) is 2.17. The molecular weight excluding hydrogens is 318 g/mol. The van der Waals surface area contributed by atoms with Gasteiger partial charge in [-0.05, 0) is 38.1 Å². The summed E-state index contributed by atoms with van der Waals surface area (Å²) in [7, 11) is 1.94. The molecule has 0 aliphatic carbocycles. The van der Waals surface area contributed by atoms with Crippen LogP contribution in [0.1, 0.15) is 17.5 Å². The lowest BCUT2D eigenvalue weighted by Crippen LogP contribution is -2.10. The molecule has 2 rings (SSSR count). The van der Waals surface area contributed by atoms with Crippen molar-refractivity contribution < 1.29 is 4.74 Å². The van der Waals surface area contributed by atoms with Crippen LogP contribution in [0.4, 0.5) is 0 Å². The number of nitrogens with zero attached hydrogens (tertiary/aromatic N) is 2. The van der Waals surface area contributed by atoms with Crippen LogP contribution in [0.2, 0.25) is 0 Å². The number of halogens is 1. The first kappa shape index (κ1) is 15.1. The van der Waals surface area contributed by atoms with Crippen LogP contribution in [0.25, 0.3) is 0 Å². The lowest BCUT2D eigenvalue weighted by atomic mass is 10.1. The van der Waals surface area contributed by atoms with Crippen LogP contribution in [0, 0.1) is 6.92 Å². The van der Waals surface area contributed by atoms with Crippen LogP contribution in [0.3, 0.4) is 0 Å². The Hall–Kier alpha value is -1.33. The predicted molar refractivity (Wildman–Crippen MR) is 84.0 cm³/mol. The molecule has 108 valence electrons. The topological polar surface area (TPSA) is 39.1 Å². The van der Waals surface area contributed by atoms with E-state index in [1.165, 1.54) is 5.56 Å². The van der Waals surface area contributed by atoms with Gasteiger partial charge in [0.05, 0.1) is 12.9 Å². The summed E-state index contributed by atoms with van der Waals surface area (Å²) in [6, 6.07) is 4.19. The second-order valence-corrected chi connectivity index (χ2v) is 5.66. The predicted octanol–water partition coefficient (Wildman–Crippen LogP) is 3.14. The van der Waals surface area contributed by atoms with Gasteiger partial charge in [0, 0.05) is 35.5 Å². The molecule has 0 amide bonds. The Kier molecular flexibility index (Phi) is 5.61. The molecule has 0 saturated heterocycles. The number of imidazole rings is 1. The SMILES string of the molecule is CNCc1cc(Br)cc(C)c1OCCCn1ccnc1. The van der Waals surface area contributed by atoms with Crippen molar-refractivity contribution in [2.75, 3.05) is 13.7 Å². The highest BCUT2D eigenvalue weighted by atomic mass is 79.9. The van der Waals surface area contributed by atoms with Gasteiger partial charge >= 0.3 is 0 Å². The molecule has 0 aliphatic rings. The highest BCUT2D eigenvalue weighted by Gasteiger charge is 2.08. The number of aryl methyl sites for hydroxylation is 2. The van der Waals surface area contributed by atoms with Crippen molar-refractivity contribution in [3.05, 3.63) is 46.5 Å². The van der Waals surface area contributed by atoms with Crippen molar-refractivity contribution >= 4 is 15.9 Å². The average molecular weight is 338 g/mol. The summed E-state index contributed by atoms with van der Waals surface area (Å²) in [6.07, 6.45) is 6.56. The molecule has 0 radical (unpaired) electrons. The maximum absolute atomic E-state index is 5.98. The minimum Gasteiger partial charge on any atom is -0.493 e. The molecule has 1 aromatic carbocycles. The van der Waals surface area contributed by atoms with Crippen LogP contribution in [-0.2, 0) is 13.1 Å². The molecule has 0 atom stereocenters. The van der Waals surface area contributed by atoms with Crippen molar-refractivity contribution in [3.63, 3.8) is 0 Å². The number of hydrogen-bond acceptors (Lipinski definition) is 3. The highest BCUT2D eigenvalue weighted by Crippen LogP contribution is 2.28. The number of benzene rings is 1. The minimum atomic E-state index is 0.706. The minimum absolute atomic E-state index is 0.706. The van der Waals surface area contributed by atoms with Crippen molar-refractivity contribution in [2.45, 2.75) is 26.4 Å². The molecule has 0 spiro atoms. The van der Waals surface area contributed by atoms with E-state index in [4.69, 9.17) is 4.74 Å². The first-order valence-corrected chi connectivity index (χ1v) is 7.52. The Morgan fingerprint density at radius 3 is 2.95 bits per heavy atom. The lowest BCUT2D eigenvalue weighted by molar-refractivity contribution is 0.296. The van der Waals surface area contributed by atoms with Gasteiger partial charge < -0.3 is 14.6 Å². The van der Waals surface area contributed by atoms with Crippen molar-refractivity contribution in [1.29, 1.82) is 0 Å². The maximum Gasteiger partial charge on any atom is 0.126 e. The Balaban J connectivity index is 1.94. The van der Waals surface area contributed by atoms with E-state index in [1.807, 2.05) is 19.6 Å². The van der Waals surface area contributed by atoms with Crippen LogP contribution >= 0.6 is 15.9 Å². The fraction of sp³-hybridized carbons (Fsp3) is 0.400. The summed E-state index contributed by atoms with van der Waals surface area (Å²) in [4.78, 5) is 4.03. The molecule has 0 saturated carbocycles. The normalized spacial score (nSPS) is 10.8. The van der Waals surface area contributed by atoms with Crippen LogP contribution in [0.5, 0.6) is 5.75 Å². The zero-order valence-corrected chi connectivity index (χ0v) is 13.5. The highest BCUT2D eigenvalue weighted by molar-refractivity contribution is 9.10. The van der Waals surface area contributed by atoms with Crippen molar-refractivity contribution in [1.82, 2.24) is 14.9 Å². The quantitative estimate of drug-likeness (QED) is 0.789. The van der Waals surface area contributed by atoms with Crippen LogP contribution in [0.15, 0.2) is 35.3 Å². The van der Waals surface area contributed by atoms with E-state index in [2.05, 4.69) is 49.9 Å². The number of nitrogens with one attached hydrogen (secondary N) is 1. The second kappa shape index (κ2) is 7.45. The van der Waals surface area contributed by atoms with Gasteiger partial charge in [0.15, 0.2) is 0 Å². The molecular formula is C15H20BrN3O. The van der Waals surface area contributed by atoms with Crippen molar-refractivity contribution in [3.8, 4) is 5.75 Å². The zero-order valence-electron chi connectivity index (χ0n) is 11.9. The van der Waals surface area contributed by atoms with Gasteiger partial charge in [-0.15, -0.1) is 0 Å². The first-order valence-electron chi connectivity index (χ1n) is 6.73. The van der Waals surface area contributed by atoms with Gasteiger partial charge in [-0.25, -0.2) is 4.98 Å². The zero-order chi connectivity index (χ0) is 14.4. The Morgan fingerprint density at radius 1 is 1.40 bits per heavy atom. The summed E-state index contributed by atoms with van der Waals surface area (Å²) in [5, 5.41) is 3.18. The molecule has 5 heteroatoms. The number of hydrogen-bond donors (Lipinski definition) is 1. The summed E-state index contributed by atoms with van der Waals surface area (Å²) >= 11 is 3.53.